The van der Waals surface area contributed by atoms with Crippen LogP contribution in [0.1, 0.15) is 0 Å². The highest BCUT2D eigenvalue weighted by atomic mass is 127. The second-order valence-electron chi connectivity index (χ2n) is 11.4. The Balaban J connectivity index is 0.000000379. The summed E-state index contributed by atoms with van der Waals surface area (Å²) >= 11 is -0.435. The summed E-state index contributed by atoms with van der Waals surface area (Å²) in [5.74, 6) is -70.3. The van der Waals surface area contributed by atoms with Gasteiger partial charge in [0.25, 0.3) is 11.9 Å². The molecule has 0 spiro atoms. The summed E-state index contributed by atoms with van der Waals surface area (Å²) in [6.07, 6.45) is -7.22. The summed E-state index contributed by atoms with van der Waals surface area (Å²) in [6.45, 7) is 0. The Bertz CT molecular complexity index is 2260. The molecule has 2 aromatic heterocycles. The summed E-state index contributed by atoms with van der Waals surface area (Å²) in [6, 6.07) is 7.41. The quantitative estimate of drug-likeness (QED) is 0.0720. The van der Waals surface area contributed by atoms with Gasteiger partial charge in [-0.3, -0.25) is 0 Å². The van der Waals surface area contributed by atoms with Crippen LogP contribution in [0, 0.1) is 124 Å². The molecule has 60 heavy (non-hydrogen) atoms. The monoisotopic (exact) mass is 1000 g/mol. The van der Waals surface area contributed by atoms with E-state index in [2.05, 4.69) is 0 Å². The Labute approximate surface area is 329 Å². The molecule has 2 heterocycles. The van der Waals surface area contributed by atoms with Crippen molar-refractivity contribution >= 4 is 28.0 Å². The summed E-state index contributed by atoms with van der Waals surface area (Å²) < 4.78 is 316. The van der Waals surface area contributed by atoms with Crippen molar-refractivity contribution in [2.24, 2.45) is 0 Å². The van der Waals surface area contributed by atoms with Crippen molar-refractivity contribution in [2.45, 2.75) is 0 Å². The third-order valence-corrected chi connectivity index (χ3v) is 10.6. The van der Waals surface area contributed by atoms with Crippen molar-refractivity contribution in [1.29, 1.82) is 0 Å². The van der Waals surface area contributed by atoms with Crippen LogP contribution >= 0.6 is 0 Å². The predicted molar refractivity (Wildman–Crippen MR) is 157 cm³/mol. The topological polar surface area (TPSA) is 44.7 Å². The third kappa shape index (κ3) is 7.03. The van der Waals surface area contributed by atoms with E-state index in [1.165, 1.54) is 0 Å². The van der Waals surface area contributed by atoms with Gasteiger partial charge in [0.2, 0.25) is 0 Å². The molecule has 6 rings (SSSR count). The molecule has 6 aromatic rings. The van der Waals surface area contributed by atoms with E-state index in [0.717, 1.165) is 7.53 Å². The van der Waals surface area contributed by atoms with Gasteiger partial charge in [-0.1, -0.05) is 0 Å². The van der Waals surface area contributed by atoms with Crippen LogP contribution < -0.4 is 52.5 Å². The second-order valence-corrected chi connectivity index (χ2v) is 14.1. The number of halogens is 21. The van der Waals surface area contributed by atoms with Gasteiger partial charge in [-0.05, 0) is 0 Å². The van der Waals surface area contributed by atoms with Gasteiger partial charge in [-0.25, -0.2) is 87.8 Å². The van der Waals surface area contributed by atoms with Gasteiger partial charge >= 0.3 is 28.7 Å². The fourth-order valence-corrected chi connectivity index (χ4v) is 7.78. The molecule has 26 heteroatoms. The average Bonchev–Trinajstić information content (AvgIpc) is 3.90. The lowest BCUT2D eigenvalue weighted by molar-refractivity contribution is -0.636. The van der Waals surface area contributed by atoms with Gasteiger partial charge in [0.1, 0.15) is 52.7 Å². The van der Waals surface area contributed by atoms with E-state index in [-0.39, 0.29) is 0 Å². The van der Waals surface area contributed by atoms with Crippen molar-refractivity contribution in [2.75, 3.05) is 14.2 Å². The van der Waals surface area contributed by atoms with E-state index in [1.54, 1.807) is 26.4 Å². The van der Waals surface area contributed by atoms with Crippen LogP contribution in [-0.4, -0.2) is 20.4 Å². The molecule has 0 saturated carbocycles. The number of hydrogen-bond donors (Lipinski definition) is 0. The second kappa shape index (κ2) is 16.8. The summed E-state index contributed by atoms with van der Waals surface area (Å²) in [5, 5.41) is 0. The first-order valence-electron chi connectivity index (χ1n) is 15.2. The molecule has 0 N–H and O–H groups in total. The Morgan fingerprint density at radius 2 is 0.500 bits per heavy atom. The lowest BCUT2D eigenvalue weighted by Gasteiger charge is -2.44. The average molecular weight is 1000 g/mol. The van der Waals surface area contributed by atoms with Crippen molar-refractivity contribution in [1.82, 2.24) is 0 Å². The number of ether oxygens (including phenoxy) is 2. The molecule has 0 saturated heterocycles. The highest BCUT2D eigenvalue weighted by Crippen LogP contribution is 2.30. The number of rotatable bonds is 8. The molecular weight excluding hydrogens is 990 g/mol. The molecule has 0 unspecified atom stereocenters. The van der Waals surface area contributed by atoms with Crippen LogP contribution in [0.15, 0.2) is 33.1 Å². The maximum Gasteiger partial charge on any atom is 0.443 e. The third-order valence-electron chi connectivity index (χ3n) is 8.39. The predicted octanol–water partition coefficient (Wildman–Crippen LogP) is 4.86. The minimum atomic E-state index is -7.22. The van der Waals surface area contributed by atoms with Gasteiger partial charge in [0.05, 0.1) is 14.2 Å². The molecule has 0 aliphatic rings. The fourth-order valence-electron chi connectivity index (χ4n) is 5.88. The van der Waals surface area contributed by atoms with E-state index in [1.807, 2.05) is 12.1 Å². The van der Waals surface area contributed by atoms with Gasteiger partial charge < -0.3 is 18.3 Å². The zero-order valence-electron chi connectivity index (χ0n) is 28.5. The minimum Gasteiger partial charge on any atom is -0.468 e. The van der Waals surface area contributed by atoms with E-state index < -0.39 is 166 Å². The van der Waals surface area contributed by atoms with Crippen LogP contribution in [0.2, 0.25) is 0 Å². The van der Waals surface area contributed by atoms with Crippen molar-refractivity contribution in [3.05, 3.63) is 148 Å². The summed E-state index contributed by atoms with van der Waals surface area (Å²) in [4.78, 5) is 0. The number of methoxy groups -OCH3 is 2. The normalized spacial score (nSPS) is 11.6. The number of hydrogen-bond acceptors (Lipinski definition) is 4. The van der Waals surface area contributed by atoms with Crippen LogP contribution in [-0.2, 0) is 0 Å². The smallest absolute Gasteiger partial charge is 0.443 e. The van der Waals surface area contributed by atoms with Gasteiger partial charge in [-0.2, -0.15) is 0 Å². The maximum absolute atomic E-state index is 15.4. The van der Waals surface area contributed by atoms with Crippen LogP contribution in [0.25, 0.3) is 0 Å². The SMILES string of the molecule is COc1ccc([I+]c2ccc(OC)o2)o1.Fc1c(F)c(F)c([B-](c2c(F)c(F)c(F)c(F)c2F)(c2c(F)c(F)c(F)c(F)c2F)c2c(F)c(F)c(F)c(F)c2F)c(F)c1F. The fraction of sp³-hybridized carbons (Fsp3) is 0.0588. The van der Waals surface area contributed by atoms with Gasteiger partial charge in [-0.15, -0.1) is 21.9 Å². The largest absolute Gasteiger partial charge is 0.468 e. The Morgan fingerprint density at radius 1 is 0.317 bits per heavy atom. The molecule has 4 aromatic carbocycles. The first kappa shape index (κ1) is 45.5. The molecule has 0 fully saturated rings. The summed E-state index contributed by atoms with van der Waals surface area (Å²) in [5.41, 5.74) is -14.3. The van der Waals surface area contributed by atoms with Crippen molar-refractivity contribution < 1.29 is 127 Å². The lowest BCUT2D eigenvalue weighted by Crippen LogP contribution is -3.61. The van der Waals surface area contributed by atoms with Crippen LogP contribution in [0.5, 0.6) is 11.9 Å². The van der Waals surface area contributed by atoms with E-state index in [0.29, 0.717) is 11.9 Å². The highest BCUT2D eigenvalue weighted by Gasteiger charge is 2.52. The van der Waals surface area contributed by atoms with Crippen LogP contribution in [0.3, 0.4) is 0 Å². The lowest BCUT2D eigenvalue weighted by atomic mass is 9.12. The van der Waals surface area contributed by atoms with E-state index >= 15 is 35.1 Å². The van der Waals surface area contributed by atoms with Crippen molar-refractivity contribution in [3.8, 4) is 11.9 Å². The number of furan rings is 2. The zero-order chi connectivity index (χ0) is 45.0. The zero-order valence-corrected chi connectivity index (χ0v) is 30.6. The first-order chi connectivity index (χ1) is 28.0. The molecule has 4 nitrogen and oxygen atoms in total. The summed E-state index contributed by atoms with van der Waals surface area (Å²) in [7, 11) is 3.16. The molecule has 0 amide bonds. The Kier molecular flexibility index (Phi) is 12.8. The van der Waals surface area contributed by atoms with Gasteiger partial charge in [0, 0.05) is 24.3 Å². The highest BCUT2D eigenvalue weighted by molar-refractivity contribution is 7.20. The van der Waals surface area contributed by atoms with E-state index in [9.17, 15) is 52.7 Å². The maximum atomic E-state index is 15.4. The van der Waals surface area contributed by atoms with Crippen LogP contribution in [0.4, 0.5) is 87.8 Å². The molecule has 0 radical (unpaired) electrons. The molecule has 0 aliphatic carbocycles. The van der Waals surface area contributed by atoms with Gasteiger partial charge in [0.15, 0.2) is 69.8 Å². The molecule has 0 aliphatic heterocycles. The Hall–Kier alpha value is -5.57. The van der Waals surface area contributed by atoms with Crippen molar-refractivity contribution in [3.63, 3.8) is 0 Å². The first-order valence-corrected chi connectivity index (χ1v) is 17.3. The molecule has 320 valence electrons. The Morgan fingerprint density at radius 3 is 0.667 bits per heavy atom. The molecular formula is C34H10BF20IO4. The standard InChI is InChI=1S/C24BF20.C10H10IO4/c26-5-1(6(27)14(35)21(42)13(5)34)25(2-7(28)15(36)22(43)16(37)8(2)29,3-9(30)17(38)23(44)18(39)10(3)31)4-11(32)19(40)24(45)20(41)12(4)33;1-12-9-5-3-7(14-9)11-8-4-6-10(13-2)15-8/h;3-6H,1-2H3/q-1;+1. The molecule has 0 bridgehead atoms. The minimum absolute atomic E-state index is 0.435. The van der Waals surface area contributed by atoms with E-state index in [4.69, 9.17) is 18.3 Å². The molecule has 0 atom stereocenters. The number of benzene rings is 4.